The summed E-state index contributed by atoms with van der Waals surface area (Å²) in [5.41, 5.74) is 4.25. The smallest absolute Gasteiger partial charge is 0.410 e. The number of nitrogens with zero attached hydrogens (tertiary/aromatic N) is 9. The predicted octanol–water partition coefficient (Wildman–Crippen LogP) is 6.93. The second kappa shape index (κ2) is 21.3. The molecule has 380 valence electrons. The minimum atomic E-state index is -0.694. The van der Waals surface area contributed by atoms with Crippen LogP contribution in [-0.2, 0) is 30.4 Å². The quantitative estimate of drug-likeness (QED) is 0.0747. The minimum Gasteiger partial charge on any atom is -0.495 e. The number of hydrogen-bond acceptors (Lipinski definition) is 14. The molecule has 72 heavy (non-hydrogen) atoms. The molecule has 5 aliphatic rings. The maximum atomic E-state index is 13.6. The molecule has 19 heteroatoms. The van der Waals surface area contributed by atoms with Gasteiger partial charge in [-0.1, -0.05) is 49.0 Å². The topological polar surface area (TPSA) is 207 Å². The zero-order valence-electron chi connectivity index (χ0n) is 42.1. The molecular formula is C53H65N11O8. The molecule has 3 aliphatic heterocycles. The van der Waals surface area contributed by atoms with Crippen LogP contribution in [0.3, 0.4) is 0 Å². The van der Waals surface area contributed by atoms with Gasteiger partial charge in [-0.3, -0.25) is 24.5 Å². The number of benzene rings is 2. The SMILES string of the molecule is CC[C@@H]1C(=O)N(C)c2cnc(Nc3ccc(-c4cn(C5CCC(N(CCCOCC#Cc6cccc7c6CN(C6CCC(=O)NC6=O)C7=O)C(=O)OC(C)(C)C)CC5)nn4)cc3OC)nc2N1C1CCCC1. The van der Waals surface area contributed by atoms with Crippen LogP contribution in [0.1, 0.15) is 132 Å². The Balaban J connectivity index is 0.788. The number of piperidine rings is 1. The second-order valence-electron chi connectivity index (χ2n) is 20.3. The third kappa shape index (κ3) is 10.6. The second-order valence-corrected chi connectivity index (χ2v) is 20.3. The molecule has 2 aromatic heterocycles. The standard InChI is InChI=1S/C53H65N11O8/c1-7-42-50(68)60(5)44-30-54-51(57-47(44)64(42)37-15-8-9-16-37)55-40-23-18-34(29-45(40)70-6)41-32-63(59-58-41)36-21-19-35(20-22-36)61(52(69)72-53(2,3)4)26-12-28-71-27-11-14-33-13-10-17-38-39(33)31-62(49(38)67)43-24-25-46(65)56-48(43)66/h10,13,17-18,23,29-30,32,35-37,42-43H,7-9,12,15-16,19-22,24-28,31H2,1-6H3,(H,54,55,57)(H,56,65,66)/t35?,36?,42-,43?/m1/s1. The zero-order chi connectivity index (χ0) is 50.7. The Labute approximate surface area is 420 Å². The normalized spacial score (nSPS) is 21.2. The molecule has 0 spiro atoms. The first-order chi connectivity index (χ1) is 34.7. The van der Waals surface area contributed by atoms with Gasteiger partial charge in [-0.2, -0.15) is 4.98 Å². The fourth-order valence-electron chi connectivity index (χ4n) is 10.8. The summed E-state index contributed by atoms with van der Waals surface area (Å²) in [4.78, 5) is 81.3. The van der Waals surface area contributed by atoms with Crippen molar-refractivity contribution in [2.24, 2.45) is 0 Å². The lowest BCUT2D eigenvalue weighted by atomic mass is 9.90. The van der Waals surface area contributed by atoms with Crippen molar-refractivity contribution in [3.63, 3.8) is 0 Å². The Bertz CT molecular complexity index is 2760. The van der Waals surface area contributed by atoms with Gasteiger partial charge in [0, 0.05) is 61.9 Å². The van der Waals surface area contributed by atoms with Crippen LogP contribution in [0.4, 0.5) is 27.9 Å². The largest absolute Gasteiger partial charge is 0.495 e. The molecule has 2 N–H and O–H groups in total. The van der Waals surface area contributed by atoms with Crippen LogP contribution in [0.15, 0.2) is 48.8 Å². The van der Waals surface area contributed by atoms with Gasteiger partial charge in [0.2, 0.25) is 23.7 Å². The summed E-state index contributed by atoms with van der Waals surface area (Å²) in [6.07, 6.45) is 12.6. The van der Waals surface area contributed by atoms with E-state index < -0.39 is 17.6 Å². The van der Waals surface area contributed by atoms with E-state index in [2.05, 4.69) is 49.6 Å². The third-order valence-corrected chi connectivity index (χ3v) is 14.4. The summed E-state index contributed by atoms with van der Waals surface area (Å²) in [7, 11) is 3.42. The van der Waals surface area contributed by atoms with Crippen molar-refractivity contribution in [2.45, 2.75) is 147 Å². The number of methoxy groups -OCH3 is 1. The summed E-state index contributed by atoms with van der Waals surface area (Å²) < 4.78 is 19.6. The highest BCUT2D eigenvalue weighted by molar-refractivity contribution is 6.06. The fraction of sp³-hybridized carbons (Fsp3) is 0.528. The number of ether oxygens (including phenoxy) is 3. The first-order valence-corrected chi connectivity index (χ1v) is 25.3. The number of amides is 5. The molecule has 5 amide bonds. The number of imide groups is 1. The molecule has 2 saturated carbocycles. The third-order valence-electron chi connectivity index (χ3n) is 14.4. The van der Waals surface area contributed by atoms with E-state index in [1.165, 1.54) is 4.90 Å². The zero-order valence-corrected chi connectivity index (χ0v) is 42.1. The molecule has 0 radical (unpaired) electrons. The number of anilines is 4. The van der Waals surface area contributed by atoms with Crippen LogP contribution in [0, 0.1) is 11.8 Å². The Morgan fingerprint density at radius 3 is 2.53 bits per heavy atom. The van der Waals surface area contributed by atoms with Crippen LogP contribution < -0.4 is 25.2 Å². The molecule has 4 aromatic rings. The maximum Gasteiger partial charge on any atom is 0.410 e. The number of nitrogens with one attached hydrogen (secondary N) is 2. The van der Waals surface area contributed by atoms with Crippen LogP contribution >= 0.6 is 0 Å². The highest BCUT2D eigenvalue weighted by Crippen LogP contribution is 2.41. The first-order valence-electron chi connectivity index (χ1n) is 25.3. The van der Waals surface area contributed by atoms with Gasteiger partial charge in [-0.15, -0.1) is 5.10 Å². The predicted molar refractivity (Wildman–Crippen MR) is 269 cm³/mol. The monoisotopic (exact) mass is 984 g/mol. The molecule has 2 atom stereocenters. The molecular weight excluding hydrogens is 919 g/mol. The number of likely N-dealkylation sites (N-methyl/N-ethyl adjacent to an activating group) is 1. The van der Waals surface area contributed by atoms with Crippen molar-refractivity contribution in [2.75, 3.05) is 49.0 Å². The van der Waals surface area contributed by atoms with Crippen LogP contribution in [0.25, 0.3) is 11.3 Å². The van der Waals surface area contributed by atoms with Crippen molar-refractivity contribution in [3.05, 3.63) is 65.5 Å². The van der Waals surface area contributed by atoms with Gasteiger partial charge in [-0.25, -0.2) is 14.5 Å². The summed E-state index contributed by atoms with van der Waals surface area (Å²) in [6.45, 7) is 8.89. The summed E-state index contributed by atoms with van der Waals surface area (Å²) in [5, 5.41) is 14.8. The molecule has 2 aromatic carbocycles. The van der Waals surface area contributed by atoms with Crippen LogP contribution in [-0.4, -0.2) is 128 Å². The van der Waals surface area contributed by atoms with E-state index in [1.807, 2.05) is 60.8 Å². The van der Waals surface area contributed by atoms with Crippen LogP contribution in [0.2, 0.25) is 0 Å². The Hall–Kier alpha value is -7.07. The lowest BCUT2D eigenvalue weighted by Crippen LogP contribution is -2.55. The molecule has 0 bridgehead atoms. The highest BCUT2D eigenvalue weighted by Gasteiger charge is 2.42. The molecule has 1 saturated heterocycles. The molecule has 19 nitrogen and oxygen atoms in total. The van der Waals surface area contributed by atoms with Gasteiger partial charge >= 0.3 is 6.09 Å². The van der Waals surface area contributed by atoms with Crippen molar-refractivity contribution < 1.29 is 38.2 Å². The Morgan fingerprint density at radius 1 is 1.00 bits per heavy atom. The molecule has 9 rings (SSSR count). The van der Waals surface area contributed by atoms with Crippen molar-refractivity contribution in [1.82, 2.24) is 40.1 Å². The van der Waals surface area contributed by atoms with Gasteiger partial charge in [-0.05, 0) is 108 Å². The minimum absolute atomic E-state index is 0.0211. The van der Waals surface area contributed by atoms with E-state index in [-0.39, 0.29) is 67.6 Å². The van der Waals surface area contributed by atoms with Gasteiger partial charge in [0.1, 0.15) is 41.4 Å². The van der Waals surface area contributed by atoms with Crippen molar-refractivity contribution in [3.8, 4) is 28.8 Å². The first kappa shape index (κ1) is 49.9. The van der Waals surface area contributed by atoms with E-state index in [9.17, 15) is 24.0 Å². The number of hydrogen-bond donors (Lipinski definition) is 2. The number of carbonyl (C=O) groups is 5. The molecule has 1 unspecified atom stereocenters. The molecule has 5 heterocycles. The van der Waals surface area contributed by atoms with E-state index in [0.717, 1.165) is 68.3 Å². The van der Waals surface area contributed by atoms with Crippen LogP contribution in [0.5, 0.6) is 5.75 Å². The summed E-state index contributed by atoms with van der Waals surface area (Å²) in [5.74, 6) is 7.03. The van der Waals surface area contributed by atoms with Crippen molar-refractivity contribution >= 4 is 52.9 Å². The van der Waals surface area contributed by atoms with E-state index in [1.54, 1.807) is 37.4 Å². The summed E-state index contributed by atoms with van der Waals surface area (Å²) >= 11 is 0. The Kier molecular flexibility index (Phi) is 14.8. The summed E-state index contributed by atoms with van der Waals surface area (Å²) in [6, 6.07) is 10.5. The van der Waals surface area contributed by atoms with E-state index >= 15 is 0 Å². The highest BCUT2D eigenvalue weighted by atomic mass is 16.6. The van der Waals surface area contributed by atoms with Gasteiger partial charge in [0.15, 0.2) is 5.82 Å². The lowest BCUT2D eigenvalue weighted by Gasteiger charge is -2.43. The van der Waals surface area contributed by atoms with Gasteiger partial charge in [0.25, 0.3) is 5.91 Å². The average molecular weight is 984 g/mol. The number of fused-ring (bicyclic) bond motifs is 2. The molecule has 3 fully saturated rings. The average Bonchev–Trinajstić information content (AvgIpc) is 4.15. The van der Waals surface area contributed by atoms with Gasteiger partial charge < -0.3 is 39.1 Å². The lowest BCUT2D eigenvalue weighted by molar-refractivity contribution is -0.137. The van der Waals surface area contributed by atoms with Crippen molar-refractivity contribution in [1.29, 1.82) is 0 Å². The number of rotatable bonds is 14. The number of aromatic nitrogens is 5. The number of carbonyl (C=O) groups excluding carboxylic acids is 5. The molecule has 2 aliphatic carbocycles. The van der Waals surface area contributed by atoms with Gasteiger partial charge in [0.05, 0.1) is 31.2 Å². The van der Waals surface area contributed by atoms with E-state index in [4.69, 9.17) is 19.2 Å². The van der Waals surface area contributed by atoms with E-state index in [0.29, 0.717) is 72.3 Å². The Morgan fingerprint density at radius 2 is 1.79 bits per heavy atom. The maximum absolute atomic E-state index is 13.6. The fourth-order valence-corrected chi connectivity index (χ4v) is 10.8.